The summed E-state index contributed by atoms with van der Waals surface area (Å²) in [5.74, 6) is -2.10. The molecule has 38 heavy (non-hydrogen) atoms. The van der Waals surface area contributed by atoms with Gasteiger partial charge in [-0.15, -0.1) is 13.2 Å². The maximum atomic E-state index is 14.3. The Bertz CT molecular complexity index is 1060. The lowest BCUT2D eigenvalue weighted by Crippen LogP contribution is -2.56. The molecule has 0 radical (unpaired) electrons. The number of ether oxygens (including phenoxy) is 1. The lowest BCUT2D eigenvalue weighted by molar-refractivity contribution is -0.151. The highest BCUT2D eigenvalue weighted by Gasteiger charge is 2.78. The molecule has 1 aromatic carbocycles. The fourth-order valence-electron chi connectivity index (χ4n) is 6.76. The minimum atomic E-state index is -1.08. The van der Waals surface area contributed by atoms with Crippen LogP contribution in [0.1, 0.15) is 46.0 Å². The Morgan fingerprint density at radius 3 is 2.47 bits per heavy atom. The molecule has 0 aliphatic carbocycles. The zero-order valence-corrected chi connectivity index (χ0v) is 22.7. The highest BCUT2D eigenvalue weighted by molar-refractivity contribution is 6.03. The highest BCUT2D eigenvalue weighted by atomic mass is 16.5. The van der Waals surface area contributed by atoms with E-state index in [0.29, 0.717) is 38.9 Å². The van der Waals surface area contributed by atoms with Crippen molar-refractivity contribution in [2.75, 3.05) is 37.7 Å². The second kappa shape index (κ2) is 11.4. The van der Waals surface area contributed by atoms with Gasteiger partial charge < -0.3 is 24.5 Å². The number of amides is 3. The van der Waals surface area contributed by atoms with Crippen molar-refractivity contribution in [3.05, 3.63) is 55.6 Å². The van der Waals surface area contributed by atoms with Gasteiger partial charge in [0, 0.05) is 38.5 Å². The van der Waals surface area contributed by atoms with E-state index in [1.807, 2.05) is 37.3 Å². The van der Waals surface area contributed by atoms with E-state index in [9.17, 15) is 19.5 Å². The fourth-order valence-corrected chi connectivity index (χ4v) is 6.76. The Morgan fingerprint density at radius 2 is 1.84 bits per heavy atom. The third-order valence-electron chi connectivity index (χ3n) is 8.42. The van der Waals surface area contributed by atoms with E-state index in [1.165, 1.54) is 0 Å². The summed E-state index contributed by atoms with van der Waals surface area (Å²) in [7, 11) is 0. The van der Waals surface area contributed by atoms with Crippen LogP contribution in [0.4, 0.5) is 5.69 Å². The van der Waals surface area contributed by atoms with E-state index in [2.05, 4.69) is 20.1 Å². The van der Waals surface area contributed by atoms with Gasteiger partial charge >= 0.3 is 0 Å². The van der Waals surface area contributed by atoms with Gasteiger partial charge in [0.15, 0.2) is 0 Å². The first kappa shape index (κ1) is 28.0. The summed E-state index contributed by atoms with van der Waals surface area (Å²) < 4.78 is 6.74. The number of hydrogen-bond acceptors (Lipinski definition) is 5. The monoisotopic (exact) mass is 523 g/mol. The Hall–Kier alpha value is -2.97. The average molecular weight is 524 g/mol. The van der Waals surface area contributed by atoms with Gasteiger partial charge in [-0.25, -0.2) is 0 Å². The van der Waals surface area contributed by atoms with Crippen molar-refractivity contribution >= 4 is 23.4 Å². The van der Waals surface area contributed by atoms with Crippen LogP contribution >= 0.6 is 0 Å². The predicted octanol–water partition coefficient (Wildman–Crippen LogP) is 3.17. The number of nitrogens with zero attached hydrogens (tertiary/aromatic N) is 3. The smallest absolute Gasteiger partial charge is 0.248 e. The number of carbonyl (C=O) groups excluding carboxylic acids is 3. The van der Waals surface area contributed by atoms with Crippen LogP contribution in [0.15, 0.2) is 55.6 Å². The second-order valence-electron chi connectivity index (χ2n) is 10.8. The summed E-state index contributed by atoms with van der Waals surface area (Å²) in [5.41, 5.74) is -1.22. The fraction of sp³-hybridized carbons (Fsp3) is 0.567. The number of aliphatic hydroxyl groups excluding tert-OH is 1. The Balaban J connectivity index is 1.76. The van der Waals surface area contributed by atoms with Gasteiger partial charge in [0.1, 0.15) is 11.6 Å². The van der Waals surface area contributed by atoms with Crippen LogP contribution in [0.3, 0.4) is 0 Å². The van der Waals surface area contributed by atoms with Crippen molar-refractivity contribution in [3.8, 4) is 0 Å². The number of benzene rings is 1. The molecule has 3 saturated heterocycles. The van der Waals surface area contributed by atoms with Crippen molar-refractivity contribution in [2.24, 2.45) is 11.8 Å². The van der Waals surface area contributed by atoms with Crippen LogP contribution < -0.4 is 4.90 Å². The van der Waals surface area contributed by atoms with Gasteiger partial charge in [-0.1, -0.05) is 43.7 Å². The Kier molecular flexibility index (Phi) is 8.43. The number of carbonyl (C=O) groups is 3. The molecule has 3 amide bonds. The number of rotatable bonds is 13. The molecular formula is C30H41N3O5. The van der Waals surface area contributed by atoms with Crippen molar-refractivity contribution in [1.82, 2.24) is 9.80 Å². The molecule has 0 aromatic heterocycles. The molecule has 3 aliphatic rings. The first-order chi connectivity index (χ1) is 18.3. The van der Waals surface area contributed by atoms with Crippen LogP contribution in [0.2, 0.25) is 0 Å². The van der Waals surface area contributed by atoms with Crippen LogP contribution in [-0.2, 0) is 19.1 Å². The molecule has 2 bridgehead atoms. The van der Waals surface area contributed by atoms with E-state index >= 15 is 0 Å². The second-order valence-corrected chi connectivity index (χ2v) is 10.8. The lowest BCUT2D eigenvalue weighted by Gasteiger charge is -2.37. The maximum absolute atomic E-state index is 14.3. The number of likely N-dealkylation sites (tertiary alicyclic amines) is 1. The van der Waals surface area contributed by atoms with E-state index in [4.69, 9.17) is 4.74 Å². The quantitative estimate of drug-likeness (QED) is 0.401. The first-order valence-corrected chi connectivity index (χ1v) is 13.8. The van der Waals surface area contributed by atoms with Crippen molar-refractivity contribution in [2.45, 2.75) is 63.2 Å². The summed E-state index contributed by atoms with van der Waals surface area (Å²) in [4.78, 5) is 47.6. The molecule has 2 unspecified atom stereocenters. The predicted molar refractivity (Wildman–Crippen MR) is 146 cm³/mol. The molecule has 4 rings (SSSR count). The lowest BCUT2D eigenvalue weighted by atomic mass is 9.66. The molecular weight excluding hydrogens is 482 g/mol. The number of hydrogen-bond donors (Lipinski definition) is 1. The zero-order valence-electron chi connectivity index (χ0n) is 22.7. The van der Waals surface area contributed by atoms with Gasteiger partial charge in [-0.3, -0.25) is 14.4 Å². The highest BCUT2D eigenvalue weighted by Crippen LogP contribution is 2.63. The number of unbranched alkanes of at least 4 members (excludes halogenated alkanes) is 1. The van der Waals surface area contributed by atoms with Gasteiger partial charge in [0.2, 0.25) is 17.7 Å². The van der Waals surface area contributed by atoms with Gasteiger partial charge in [-0.2, -0.15) is 0 Å². The van der Waals surface area contributed by atoms with Crippen LogP contribution in [0.25, 0.3) is 0 Å². The van der Waals surface area contributed by atoms with Gasteiger partial charge in [-0.05, 0) is 44.7 Å². The molecule has 1 aromatic rings. The minimum Gasteiger partial charge on any atom is -0.396 e. The normalized spacial score (nSPS) is 29.3. The summed E-state index contributed by atoms with van der Waals surface area (Å²) in [5, 5.41) is 9.57. The first-order valence-electron chi connectivity index (χ1n) is 13.8. The summed E-state index contributed by atoms with van der Waals surface area (Å²) in [6.45, 7) is 13.0. The minimum absolute atomic E-state index is 0.101. The molecule has 0 saturated carbocycles. The SMILES string of the molecule is C=CCN(CCCC)C(=O)C1N(CCCO)C(=O)[C@@H]2[C@@H](C(=O)N(CC=C)c3ccccc3)[C@@]3(C)CCC12O3. The van der Waals surface area contributed by atoms with Crippen molar-refractivity contribution < 1.29 is 24.2 Å². The average Bonchev–Trinajstić information content (AvgIpc) is 3.48. The molecule has 8 heteroatoms. The molecule has 1 spiro atoms. The Labute approximate surface area is 225 Å². The van der Waals surface area contributed by atoms with Crippen molar-refractivity contribution in [3.63, 3.8) is 0 Å². The largest absolute Gasteiger partial charge is 0.396 e. The number of fused-ring (bicyclic) bond motifs is 1. The molecule has 3 heterocycles. The van der Waals surface area contributed by atoms with E-state index < -0.39 is 29.1 Å². The number of anilines is 1. The summed E-state index contributed by atoms with van der Waals surface area (Å²) >= 11 is 0. The summed E-state index contributed by atoms with van der Waals surface area (Å²) in [6.07, 6.45) is 6.59. The van der Waals surface area contributed by atoms with Crippen LogP contribution in [0, 0.1) is 11.8 Å². The van der Waals surface area contributed by atoms with E-state index in [-0.39, 0.29) is 30.9 Å². The van der Waals surface area contributed by atoms with E-state index in [1.54, 1.807) is 26.9 Å². The van der Waals surface area contributed by atoms with Gasteiger partial charge in [0.25, 0.3) is 0 Å². The molecule has 5 atom stereocenters. The number of para-hydroxylation sites is 1. The van der Waals surface area contributed by atoms with Crippen LogP contribution in [-0.4, -0.2) is 82.7 Å². The maximum Gasteiger partial charge on any atom is 0.248 e. The third kappa shape index (κ3) is 4.58. The molecule has 1 N–H and O–H groups in total. The van der Waals surface area contributed by atoms with Crippen molar-refractivity contribution in [1.29, 1.82) is 0 Å². The molecule has 206 valence electrons. The van der Waals surface area contributed by atoms with Gasteiger partial charge in [0.05, 0.1) is 17.4 Å². The Morgan fingerprint density at radius 1 is 1.13 bits per heavy atom. The van der Waals surface area contributed by atoms with E-state index in [0.717, 1.165) is 18.5 Å². The molecule has 3 aliphatic heterocycles. The third-order valence-corrected chi connectivity index (χ3v) is 8.42. The van der Waals surface area contributed by atoms with Crippen LogP contribution in [0.5, 0.6) is 0 Å². The zero-order chi connectivity index (χ0) is 27.5. The standard InChI is InChI=1S/C30H41N3O5/c1-5-8-19-31(17-6-2)28(37)25-30-16-15-29(4,38-30)23(24(30)27(36)33(25)20-12-21-34)26(35)32(18-7-3)22-13-10-9-11-14-22/h6-7,9-11,13-14,23-25,34H,2-3,5,8,12,15-21H2,1,4H3/t23-,24-,25?,29+,30?/m0/s1. The number of aliphatic hydroxyl groups is 1. The molecule has 3 fully saturated rings. The molecule has 8 nitrogen and oxygen atoms in total. The topological polar surface area (TPSA) is 90.4 Å². The summed E-state index contributed by atoms with van der Waals surface area (Å²) in [6, 6.07) is 8.52.